The number of esters is 1. The summed E-state index contributed by atoms with van der Waals surface area (Å²) >= 11 is 0. The monoisotopic (exact) mass is 308 g/mol. The van der Waals surface area contributed by atoms with Gasteiger partial charge in [-0.3, -0.25) is 4.79 Å². The van der Waals surface area contributed by atoms with Crippen molar-refractivity contribution in [1.29, 1.82) is 0 Å². The van der Waals surface area contributed by atoms with Gasteiger partial charge in [-0.1, -0.05) is 13.0 Å². The molecule has 22 heavy (non-hydrogen) atoms. The van der Waals surface area contributed by atoms with E-state index < -0.39 is 0 Å². The predicted octanol–water partition coefficient (Wildman–Crippen LogP) is 1.83. The molecule has 6 heteroatoms. The van der Waals surface area contributed by atoms with Crippen molar-refractivity contribution in [1.82, 2.24) is 0 Å². The zero-order valence-corrected chi connectivity index (χ0v) is 13.2. The second kappa shape index (κ2) is 7.89. The van der Waals surface area contributed by atoms with E-state index in [0.29, 0.717) is 25.4 Å². The Labute approximate surface area is 131 Å². The number of rotatable bonds is 7. The minimum Gasteiger partial charge on any atom is -0.486 e. The van der Waals surface area contributed by atoms with Crippen molar-refractivity contribution in [2.75, 3.05) is 43.5 Å². The fourth-order valence-corrected chi connectivity index (χ4v) is 2.44. The molecule has 6 nitrogen and oxygen atoms in total. The molecule has 1 unspecified atom stereocenters. The van der Waals surface area contributed by atoms with Crippen LogP contribution in [0.15, 0.2) is 18.2 Å². The number of anilines is 2. The molecular formula is C16H24N2O4. The standard InChI is InChI=1S/C16H24N2O4/c1-3-12-10-18(11-15(19)21-9-8-20-4-2)16-13(17)6-5-7-14(16)22-12/h5-7,12H,3-4,8-11,17H2,1-2H3. The van der Waals surface area contributed by atoms with Gasteiger partial charge in [-0.25, -0.2) is 0 Å². The summed E-state index contributed by atoms with van der Waals surface area (Å²) in [5.74, 6) is 0.436. The van der Waals surface area contributed by atoms with E-state index in [4.69, 9.17) is 19.9 Å². The maximum Gasteiger partial charge on any atom is 0.325 e. The van der Waals surface area contributed by atoms with Gasteiger partial charge in [-0.2, -0.15) is 0 Å². The van der Waals surface area contributed by atoms with Crippen LogP contribution in [-0.2, 0) is 14.3 Å². The highest BCUT2D eigenvalue weighted by Gasteiger charge is 2.28. The smallest absolute Gasteiger partial charge is 0.325 e. The zero-order chi connectivity index (χ0) is 15.9. The Bertz CT molecular complexity index is 507. The topological polar surface area (TPSA) is 74.0 Å². The molecule has 0 fully saturated rings. The largest absolute Gasteiger partial charge is 0.486 e. The van der Waals surface area contributed by atoms with E-state index in [0.717, 1.165) is 17.9 Å². The van der Waals surface area contributed by atoms with E-state index in [2.05, 4.69) is 6.92 Å². The summed E-state index contributed by atoms with van der Waals surface area (Å²) in [6.45, 7) is 6.04. The van der Waals surface area contributed by atoms with E-state index in [-0.39, 0.29) is 25.2 Å². The first kappa shape index (κ1) is 16.4. The molecule has 1 aromatic carbocycles. The number of nitrogens with two attached hydrogens (primary N) is 1. The average molecular weight is 308 g/mol. The van der Waals surface area contributed by atoms with Gasteiger partial charge >= 0.3 is 5.97 Å². The van der Waals surface area contributed by atoms with Gasteiger partial charge in [0.1, 0.15) is 30.7 Å². The molecule has 2 N–H and O–H groups in total. The van der Waals surface area contributed by atoms with E-state index >= 15 is 0 Å². The first-order chi connectivity index (χ1) is 10.7. The molecule has 1 atom stereocenters. The Morgan fingerprint density at radius 2 is 2.23 bits per heavy atom. The minimum absolute atomic E-state index is 0.0468. The molecule has 2 rings (SSSR count). The lowest BCUT2D eigenvalue weighted by Gasteiger charge is -2.36. The van der Waals surface area contributed by atoms with Crippen LogP contribution in [0.5, 0.6) is 5.75 Å². The Hall–Kier alpha value is -1.95. The van der Waals surface area contributed by atoms with E-state index in [1.165, 1.54) is 0 Å². The molecule has 1 aromatic rings. The van der Waals surface area contributed by atoms with E-state index in [9.17, 15) is 4.79 Å². The van der Waals surface area contributed by atoms with Gasteiger partial charge in [0.15, 0.2) is 0 Å². The molecule has 0 aromatic heterocycles. The molecule has 0 aliphatic carbocycles. The Morgan fingerprint density at radius 1 is 1.41 bits per heavy atom. The Balaban J connectivity index is 2.02. The summed E-state index contributed by atoms with van der Waals surface area (Å²) < 4.78 is 16.2. The molecule has 0 radical (unpaired) electrons. The number of carbonyl (C=O) groups is 1. The Kier molecular flexibility index (Phi) is 5.89. The summed E-state index contributed by atoms with van der Waals surface area (Å²) in [4.78, 5) is 13.9. The molecule has 0 saturated carbocycles. The number of hydrogen-bond acceptors (Lipinski definition) is 6. The lowest BCUT2D eigenvalue weighted by molar-refractivity contribution is -0.143. The molecule has 0 bridgehead atoms. The van der Waals surface area contributed by atoms with Gasteiger partial charge in [-0.15, -0.1) is 0 Å². The van der Waals surface area contributed by atoms with Crippen molar-refractivity contribution in [3.63, 3.8) is 0 Å². The van der Waals surface area contributed by atoms with Gasteiger partial charge < -0.3 is 24.8 Å². The number of fused-ring (bicyclic) bond motifs is 1. The fourth-order valence-electron chi connectivity index (χ4n) is 2.44. The van der Waals surface area contributed by atoms with Crippen LogP contribution in [0.1, 0.15) is 20.3 Å². The second-order valence-corrected chi connectivity index (χ2v) is 5.14. The zero-order valence-electron chi connectivity index (χ0n) is 13.2. The summed E-state index contributed by atoms with van der Waals surface area (Å²) in [6.07, 6.45) is 0.912. The van der Waals surface area contributed by atoms with Gasteiger partial charge in [0, 0.05) is 6.61 Å². The van der Waals surface area contributed by atoms with Crippen molar-refractivity contribution in [2.45, 2.75) is 26.4 Å². The minimum atomic E-state index is -0.286. The SMILES string of the molecule is CCOCCOC(=O)CN1CC(CC)Oc2cccc(N)c21. The van der Waals surface area contributed by atoms with Gasteiger partial charge in [0.05, 0.1) is 18.8 Å². The van der Waals surface area contributed by atoms with Crippen LogP contribution >= 0.6 is 0 Å². The number of benzene rings is 1. The predicted molar refractivity (Wildman–Crippen MR) is 85.2 cm³/mol. The first-order valence-electron chi connectivity index (χ1n) is 7.69. The Morgan fingerprint density at radius 3 is 2.95 bits per heavy atom. The van der Waals surface area contributed by atoms with Crippen molar-refractivity contribution < 1.29 is 19.0 Å². The summed E-state index contributed by atoms with van der Waals surface area (Å²) in [5, 5.41) is 0. The number of ether oxygens (including phenoxy) is 3. The van der Waals surface area contributed by atoms with E-state index in [1.807, 2.05) is 30.0 Å². The highest BCUT2D eigenvalue weighted by molar-refractivity contribution is 5.82. The van der Waals surface area contributed by atoms with E-state index in [1.54, 1.807) is 0 Å². The average Bonchev–Trinajstić information content (AvgIpc) is 2.51. The van der Waals surface area contributed by atoms with Crippen molar-refractivity contribution >= 4 is 17.3 Å². The van der Waals surface area contributed by atoms with Crippen LogP contribution in [-0.4, -0.2) is 45.0 Å². The number of hydrogen-bond donors (Lipinski definition) is 1. The molecule has 0 spiro atoms. The van der Waals surface area contributed by atoms with Crippen LogP contribution in [0.2, 0.25) is 0 Å². The number of para-hydroxylation sites is 1. The molecule has 1 heterocycles. The molecule has 0 saturated heterocycles. The first-order valence-corrected chi connectivity index (χ1v) is 7.69. The molecule has 1 aliphatic heterocycles. The van der Waals surface area contributed by atoms with Gasteiger partial charge in [0.2, 0.25) is 0 Å². The fraction of sp³-hybridized carbons (Fsp3) is 0.562. The molecule has 122 valence electrons. The van der Waals surface area contributed by atoms with Gasteiger partial charge in [0.25, 0.3) is 0 Å². The third-order valence-corrected chi connectivity index (χ3v) is 3.53. The maximum absolute atomic E-state index is 12.0. The summed E-state index contributed by atoms with van der Waals surface area (Å²) in [6, 6.07) is 5.54. The lowest BCUT2D eigenvalue weighted by Crippen LogP contribution is -2.43. The van der Waals surface area contributed by atoms with Crippen LogP contribution in [0, 0.1) is 0 Å². The number of carbonyl (C=O) groups excluding carboxylic acids is 1. The van der Waals surface area contributed by atoms with Crippen molar-refractivity contribution in [3.05, 3.63) is 18.2 Å². The van der Waals surface area contributed by atoms with Crippen molar-refractivity contribution in [2.24, 2.45) is 0 Å². The quantitative estimate of drug-likeness (QED) is 0.470. The lowest BCUT2D eigenvalue weighted by atomic mass is 10.1. The summed E-state index contributed by atoms with van der Waals surface area (Å²) in [5.41, 5.74) is 7.42. The maximum atomic E-state index is 12.0. The van der Waals surface area contributed by atoms with Crippen molar-refractivity contribution in [3.8, 4) is 5.75 Å². The number of nitrogens with zero attached hydrogens (tertiary/aromatic N) is 1. The molecule has 0 amide bonds. The molecule has 1 aliphatic rings. The highest BCUT2D eigenvalue weighted by Crippen LogP contribution is 2.38. The molecular weight excluding hydrogens is 284 g/mol. The van der Waals surface area contributed by atoms with Crippen LogP contribution < -0.4 is 15.4 Å². The van der Waals surface area contributed by atoms with Crippen LogP contribution in [0.3, 0.4) is 0 Å². The van der Waals surface area contributed by atoms with Crippen LogP contribution in [0.4, 0.5) is 11.4 Å². The third kappa shape index (κ3) is 4.04. The number of nitrogen functional groups attached to an aromatic ring is 1. The highest BCUT2D eigenvalue weighted by atomic mass is 16.6. The second-order valence-electron chi connectivity index (χ2n) is 5.14. The normalized spacial score (nSPS) is 16.8. The van der Waals surface area contributed by atoms with Crippen LogP contribution in [0.25, 0.3) is 0 Å². The van der Waals surface area contributed by atoms with Gasteiger partial charge in [-0.05, 0) is 25.5 Å². The third-order valence-electron chi connectivity index (χ3n) is 3.53. The summed E-state index contributed by atoms with van der Waals surface area (Å²) in [7, 11) is 0.